The maximum absolute atomic E-state index is 12.5. The number of nitrogens with zero attached hydrogens (tertiary/aromatic N) is 3. The summed E-state index contributed by atoms with van der Waals surface area (Å²) >= 11 is 0. The Kier molecular flexibility index (Phi) is 6.99. The molecule has 0 radical (unpaired) electrons. The van der Waals surface area contributed by atoms with Gasteiger partial charge in [-0.2, -0.15) is 0 Å². The lowest BCUT2D eigenvalue weighted by Gasteiger charge is -2.12. The summed E-state index contributed by atoms with van der Waals surface area (Å²) in [5.74, 6) is 1.82. The van der Waals surface area contributed by atoms with Gasteiger partial charge < -0.3 is 20.1 Å². The standard InChI is InChI=1S/C19H22N6O4S/c1-28-15-3-4-17(16(13-15)29-2)30(26,27)22-12-11-21-18-5-6-19(25-24-18)23-14-7-9-20-10-8-14/h3-10,13,22H,11-12H2,1-2H3,(H,21,24)(H,20,23,25). The van der Waals surface area contributed by atoms with Crippen LogP contribution in [0.2, 0.25) is 0 Å². The van der Waals surface area contributed by atoms with Crippen molar-refractivity contribution in [2.75, 3.05) is 37.9 Å². The molecule has 0 amide bonds. The smallest absolute Gasteiger partial charge is 0.244 e. The Morgan fingerprint density at radius 3 is 2.30 bits per heavy atom. The minimum absolute atomic E-state index is 0.0390. The lowest BCUT2D eigenvalue weighted by Crippen LogP contribution is -2.29. The molecular formula is C19H22N6O4S. The highest BCUT2D eigenvalue weighted by molar-refractivity contribution is 7.89. The Morgan fingerprint density at radius 2 is 1.63 bits per heavy atom. The molecule has 0 bridgehead atoms. The molecule has 0 fully saturated rings. The van der Waals surface area contributed by atoms with E-state index in [2.05, 4.69) is 30.5 Å². The number of methoxy groups -OCH3 is 2. The summed E-state index contributed by atoms with van der Waals surface area (Å²) in [6.45, 7) is 0.472. The van der Waals surface area contributed by atoms with E-state index in [-0.39, 0.29) is 17.2 Å². The SMILES string of the molecule is COc1ccc(S(=O)(=O)NCCNc2ccc(Nc3ccncc3)nn2)c(OC)c1. The fourth-order valence-corrected chi connectivity index (χ4v) is 3.71. The van der Waals surface area contributed by atoms with Crippen LogP contribution < -0.4 is 24.8 Å². The number of hydrogen-bond acceptors (Lipinski definition) is 9. The van der Waals surface area contributed by atoms with Crippen molar-refractivity contribution in [3.63, 3.8) is 0 Å². The van der Waals surface area contributed by atoms with Crippen LogP contribution in [0.5, 0.6) is 11.5 Å². The van der Waals surface area contributed by atoms with Gasteiger partial charge in [-0.15, -0.1) is 10.2 Å². The third-order valence-electron chi connectivity index (χ3n) is 4.00. The fourth-order valence-electron chi connectivity index (χ4n) is 2.53. The fraction of sp³-hybridized carbons (Fsp3) is 0.211. The highest BCUT2D eigenvalue weighted by atomic mass is 32.2. The first-order valence-corrected chi connectivity index (χ1v) is 10.5. The predicted octanol–water partition coefficient (Wildman–Crippen LogP) is 2.02. The summed E-state index contributed by atoms with van der Waals surface area (Å²) in [5.41, 5.74) is 0.850. The van der Waals surface area contributed by atoms with Crippen molar-refractivity contribution in [2.24, 2.45) is 0 Å². The van der Waals surface area contributed by atoms with Crippen LogP contribution in [0.25, 0.3) is 0 Å². The summed E-state index contributed by atoms with van der Waals surface area (Å²) in [5, 5.41) is 14.3. The Balaban J connectivity index is 1.52. The molecule has 0 unspecified atom stereocenters. The second-order valence-corrected chi connectivity index (χ2v) is 7.74. The van der Waals surface area contributed by atoms with Gasteiger partial charge in [0, 0.05) is 37.2 Å². The van der Waals surface area contributed by atoms with Crippen LogP contribution in [-0.2, 0) is 10.0 Å². The molecule has 11 heteroatoms. The second-order valence-electron chi connectivity index (χ2n) is 6.01. The van der Waals surface area contributed by atoms with E-state index >= 15 is 0 Å². The summed E-state index contributed by atoms with van der Waals surface area (Å²) < 4.78 is 37.9. The average molecular weight is 430 g/mol. The average Bonchev–Trinajstić information content (AvgIpc) is 2.78. The molecule has 3 aromatic rings. The van der Waals surface area contributed by atoms with Gasteiger partial charge in [-0.05, 0) is 36.4 Å². The van der Waals surface area contributed by atoms with E-state index in [9.17, 15) is 8.42 Å². The lowest BCUT2D eigenvalue weighted by molar-refractivity contribution is 0.386. The molecule has 30 heavy (non-hydrogen) atoms. The molecule has 1 aromatic carbocycles. The molecule has 0 saturated heterocycles. The van der Waals surface area contributed by atoms with Gasteiger partial charge in [0.15, 0.2) is 5.82 Å². The molecule has 0 atom stereocenters. The highest BCUT2D eigenvalue weighted by Gasteiger charge is 2.19. The second kappa shape index (κ2) is 9.85. The van der Waals surface area contributed by atoms with E-state index in [1.54, 1.807) is 30.6 Å². The van der Waals surface area contributed by atoms with Crippen molar-refractivity contribution >= 4 is 27.3 Å². The zero-order valence-corrected chi connectivity index (χ0v) is 17.3. The number of ether oxygens (including phenoxy) is 2. The molecule has 0 spiro atoms. The van der Waals surface area contributed by atoms with Gasteiger partial charge in [0.1, 0.15) is 22.2 Å². The van der Waals surface area contributed by atoms with Crippen molar-refractivity contribution in [1.29, 1.82) is 0 Å². The molecule has 10 nitrogen and oxygen atoms in total. The first-order chi connectivity index (χ1) is 14.5. The van der Waals surface area contributed by atoms with E-state index in [0.717, 1.165) is 5.69 Å². The minimum Gasteiger partial charge on any atom is -0.497 e. The van der Waals surface area contributed by atoms with Crippen molar-refractivity contribution in [1.82, 2.24) is 19.9 Å². The van der Waals surface area contributed by atoms with Crippen LogP contribution in [0.4, 0.5) is 17.3 Å². The number of pyridine rings is 1. The molecule has 0 aliphatic rings. The van der Waals surface area contributed by atoms with Crippen LogP contribution in [0.3, 0.4) is 0 Å². The van der Waals surface area contributed by atoms with Crippen LogP contribution >= 0.6 is 0 Å². The first kappa shape index (κ1) is 21.3. The van der Waals surface area contributed by atoms with Gasteiger partial charge in [0.2, 0.25) is 10.0 Å². The predicted molar refractivity (Wildman–Crippen MR) is 113 cm³/mol. The van der Waals surface area contributed by atoms with E-state index in [0.29, 0.717) is 23.9 Å². The van der Waals surface area contributed by atoms with E-state index in [1.165, 1.54) is 26.4 Å². The number of benzene rings is 1. The topological polar surface area (TPSA) is 127 Å². The zero-order valence-electron chi connectivity index (χ0n) is 16.5. The van der Waals surface area contributed by atoms with Crippen LogP contribution in [0, 0.1) is 0 Å². The largest absolute Gasteiger partial charge is 0.497 e. The van der Waals surface area contributed by atoms with Gasteiger partial charge in [-0.3, -0.25) is 4.98 Å². The van der Waals surface area contributed by atoms with E-state index < -0.39 is 10.0 Å². The first-order valence-electron chi connectivity index (χ1n) is 8.98. The van der Waals surface area contributed by atoms with Crippen molar-refractivity contribution in [3.8, 4) is 11.5 Å². The molecule has 2 aromatic heterocycles. The molecule has 2 heterocycles. The van der Waals surface area contributed by atoms with Crippen molar-refractivity contribution in [2.45, 2.75) is 4.90 Å². The third-order valence-corrected chi connectivity index (χ3v) is 5.50. The third kappa shape index (κ3) is 5.55. The summed E-state index contributed by atoms with van der Waals surface area (Å²) in [4.78, 5) is 3.99. The monoisotopic (exact) mass is 430 g/mol. The van der Waals surface area contributed by atoms with Crippen LogP contribution in [0.1, 0.15) is 0 Å². The molecule has 3 rings (SSSR count). The van der Waals surface area contributed by atoms with Crippen molar-refractivity contribution in [3.05, 3.63) is 54.9 Å². The zero-order chi connectivity index (χ0) is 21.4. The lowest BCUT2D eigenvalue weighted by atomic mass is 10.3. The maximum atomic E-state index is 12.5. The molecular weight excluding hydrogens is 408 g/mol. The van der Waals surface area contributed by atoms with Gasteiger partial charge in [-0.25, -0.2) is 13.1 Å². The van der Waals surface area contributed by atoms with Gasteiger partial charge in [0.25, 0.3) is 0 Å². The molecule has 158 valence electrons. The number of hydrogen-bond donors (Lipinski definition) is 3. The quantitative estimate of drug-likeness (QED) is 0.414. The highest BCUT2D eigenvalue weighted by Crippen LogP contribution is 2.28. The van der Waals surface area contributed by atoms with E-state index in [1.807, 2.05) is 12.1 Å². The van der Waals surface area contributed by atoms with Crippen LogP contribution in [-0.4, -0.2) is 50.9 Å². The molecule has 0 aliphatic heterocycles. The molecule has 3 N–H and O–H groups in total. The van der Waals surface area contributed by atoms with E-state index in [4.69, 9.17) is 9.47 Å². The normalized spacial score (nSPS) is 11.0. The minimum atomic E-state index is -3.75. The summed E-state index contributed by atoms with van der Waals surface area (Å²) in [6, 6.07) is 11.7. The Hall–Kier alpha value is -3.44. The molecule has 0 saturated carbocycles. The Labute approximate surface area is 174 Å². The Morgan fingerprint density at radius 1 is 0.900 bits per heavy atom. The maximum Gasteiger partial charge on any atom is 0.244 e. The van der Waals surface area contributed by atoms with Gasteiger partial charge in [0.05, 0.1) is 14.2 Å². The van der Waals surface area contributed by atoms with Gasteiger partial charge >= 0.3 is 0 Å². The molecule has 0 aliphatic carbocycles. The van der Waals surface area contributed by atoms with Gasteiger partial charge in [-0.1, -0.05) is 0 Å². The van der Waals surface area contributed by atoms with Crippen molar-refractivity contribution < 1.29 is 17.9 Å². The number of anilines is 3. The number of nitrogens with one attached hydrogen (secondary N) is 3. The number of sulfonamides is 1. The number of rotatable bonds is 10. The Bertz CT molecular complexity index is 1060. The number of aromatic nitrogens is 3. The summed E-state index contributed by atoms with van der Waals surface area (Å²) in [7, 11) is -0.844. The van der Waals surface area contributed by atoms with Crippen LogP contribution in [0.15, 0.2) is 59.8 Å². The summed E-state index contributed by atoms with van der Waals surface area (Å²) in [6.07, 6.45) is 3.35.